The predicted molar refractivity (Wildman–Crippen MR) is 76.1 cm³/mol. The molecule has 19 heavy (non-hydrogen) atoms. The molecule has 98 valence electrons. The van der Waals surface area contributed by atoms with Crippen LogP contribution in [-0.2, 0) is 4.79 Å². The molecule has 1 aromatic rings. The molecular weight excluding hydrogens is 239 g/mol. The van der Waals surface area contributed by atoms with Crippen molar-refractivity contribution in [1.29, 1.82) is 0 Å². The topological polar surface area (TPSA) is 45.5 Å². The number of rotatable bonds is 3. The van der Waals surface area contributed by atoms with Crippen LogP contribution < -0.4 is 0 Å². The first-order valence-electron chi connectivity index (χ1n) is 6.61. The number of hydrogen-bond acceptors (Lipinski definition) is 2. The third kappa shape index (κ3) is 1.99. The van der Waals surface area contributed by atoms with Gasteiger partial charge < -0.3 is 14.4 Å². The number of fused-ring (bicyclic) bond motifs is 2. The molecule has 4 nitrogen and oxygen atoms in total. The second kappa shape index (κ2) is 4.33. The van der Waals surface area contributed by atoms with Gasteiger partial charge in [0.15, 0.2) is 0 Å². The summed E-state index contributed by atoms with van der Waals surface area (Å²) < 4.78 is 2.29. The molecule has 0 spiro atoms. The molecule has 2 aliphatic heterocycles. The summed E-state index contributed by atoms with van der Waals surface area (Å²) in [6.45, 7) is 4.25. The Morgan fingerprint density at radius 3 is 3.00 bits per heavy atom. The van der Waals surface area contributed by atoms with Crippen molar-refractivity contribution >= 4 is 19.6 Å². The van der Waals surface area contributed by atoms with E-state index in [1.54, 1.807) is 0 Å². The second-order valence-corrected chi connectivity index (χ2v) is 5.32. The van der Waals surface area contributed by atoms with Gasteiger partial charge in [-0.15, -0.1) is 0 Å². The van der Waals surface area contributed by atoms with E-state index in [1.807, 2.05) is 0 Å². The Kier molecular flexibility index (Phi) is 2.77. The van der Waals surface area contributed by atoms with E-state index < -0.39 is 5.97 Å². The number of carbonyl (C=O) groups is 1. The molecule has 1 atom stereocenters. The van der Waals surface area contributed by atoms with Crippen LogP contribution >= 0.6 is 0 Å². The molecule has 0 aromatic carbocycles. The van der Waals surface area contributed by atoms with Gasteiger partial charge >= 0.3 is 13.5 Å². The Balaban J connectivity index is 1.86. The zero-order valence-corrected chi connectivity index (χ0v) is 11.3. The molecule has 5 heteroatoms. The van der Waals surface area contributed by atoms with E-state index in [0.717, 1.165) is 7.55 Å². The Labute approximate surface area is 113 Å². The standard InChI is InChI=1S/C14H17BN2O2/c1-9-7-10(2)16-13(9)8-12-4-3-11(17(12)15-16)5-6-14(18)19/h3-4,7-8,11,15H,5-6H2,1-2H3,(H,18,19). The lowest BCUT2D eigenvalue weighted by molar-refractivity contribution is -0.137. The predicted octanol–water partition coefficient (Wildman–Crippen LogP) is 1.68. The number of aliphatic carboxylic acids is 1. The smallest absolute Gasteiger partial charge is 0.361 e. The van der Waals surface area contributed by atoms with Crippen molar-refractivity contribution in [2.75, 3.05) is 0 Å². The highest BCUT2D eigenvalue weighted by Crippen LogP contribution is 2.30. The summed E-state index contributed by atoms with van der Waals surface area (Å²) in [5.74, 6) is -0.725. The Morgan fingerprint density at radius 1 is 1.47 bits per heavy atom. The minimum absolute atomic E-state index is 0.206. The molecule has 0 amide bonds. The van der Waals surface area contributed by atoms with Crippen molar-refractivity contribution in [1.82, 2.24) is 9.29 Å². The van der Waals surface area contributed by atoms with Crippen molar-refractivity contribution in [2.24, 2.45) is 0 Å². The quantitative estimate of drug-likeness (QED) is 0.837. The van der Waals surface area contributed by atoms with Gasteiger partial charge in [0, 0.05) is 29.5 Å². The first kappa shape index (κ1) is 12.1. The maximum absolute atomic E-state index is 10.7. The minimum atomic E-state index is -0.725. The summed E-state index contributed by atoms with van der Waals surface area (Å²) in [5.41, 5.74) is 5.02. The molecule has 0 saturated heterocycles. The van der Waals surface area contributed by atoms with Gasteiger partial charge in [0.1, 0.15) is 0 Å². The average molecular weight is 256 g/mol. The van der Waals surface area contributed by atoms with E-state index in [4.69, 9.17) is 5.11 Å². The summed E-state index contributed by atoms with van der Waals surface area (Å²) in [6, 6.07) is 2.41. The van der Waals surface area contributed by atoms with Crippen LogP contribution in [0.3, 0.4) is 0 Å². The summed E-state index contributed by atoms with van der Waals surface area (Å²) in [7, 11) is 0.818. The van der Waals surface area contributed by atoms with E-state index in [9.17, 15) is 4.79 Å². The SMILES string of the molecule is Cc1cc(C)n2c1C=C1C=CC(CCC(=O)O)N1B2. The number of carboxylic acid groups (broad SMARTS) is 1. The molecule has 0 radical (unpaired) electrons. The Morgan fingerprint density at radius 2 is 2.26 bits per heavy atom. The summed E-state index contributed by atoms with van der Waals surface area (Å²) >= 11 is 0. The molecule has 0 aliphatic carbocycles. The fourth-order valence-electron chi connectivity index (χ4n) is 2.98. The fraction of sp³-hybridized carbons (Fsp3) is 0.357. The molecule has 2 aliphatic rings. The van der Waals surface area contributed by atoms with Gasteiger partial charge in [-0.25, -0.2) is 0 Å². The molecule has 1 N–H and O–H groups in total. The number of allylic oxidation sites excluding steroid dienone is 1. The van der Waals surface area contributed by atoms with Gasteiger partial charge in [-0.3, -0.25) is 4.79 Å². The molecular formula is C14H17BN2O2. The molecule has 0 fully saturated rings. The third-order valence-electron chi connectivity index (χ3n) is 4.00. The van der Waals surface area contributed by atoms with E-state index in [1.165, 1.54) is 22.6 Å². The van der Waals surface area contributed by atoms with Gasteiger partial charge in [-0.2, -0.15) is 0 Å². The summed E-state index contributed by atoms with van der Waals surface area (Å²) in [6.07, 6.45) is 7.31. The van der Waals surface area contributed by atoms with E-state index >= 15 is 0 Å². The number of nitrogens with zero attached hydrogens (tertiary/aromatic N) is 2. The number of aromatic nitrogens is 1. The Bertz CT molecular complexity index is 601. The van der Waals surface area contributed by atoms with Crippen LogP contribution in [-0.4, -0.2) is 34.0 Å². The monoisotopic (exact) mass is 256 g/mol. The lowest BCUT2D eigenvalue weighted by atomic mass is 9.97. The normalized spacial score (nSPS) is 19.8. The highest BCUT2D eigenvalue weighted by Gasteiger charge is 2.29. The Hall–Kier alpha value is -1.91. The van der Waals surface area contributed by atoms with Gasteiger partial charge in [0.25, 0.3) is 0 Å². The highest BCUT2D eigenvalue weighted by molar-refractivity contribution is 6.33. The minimum Gasteiger partial charge on any atom is -0.481 e. The van der Waals surface area contributed by atoms with Crippen LogP contribution in [0.25, 0.3) is 6.08 Å². The van der Waals surface area contributed by atoms with E-state index in [2.05, 4.69) is 47.4 Å². The van der Waals surface area contributed by atoms with Crippen LogP contribution in [0.4, 0.5) is 0 Å². The maximum Gasteiger partial charge on any atom is 0.361 e. The number of carboxylic acids is 1. The summed E-state index contributed by atoms with van der Waals surface area (Å²) in [4.78, 5) is 13.0. The summed E-state index contributed by atoms with van der Waals surface area (Å²) in [5, 5.41) is 8.81. The molecule has 3 rings (SSSR count). The lowest BCUT2D eigenvalue weighted by Gasteiger charge is -2.32. The molecule has 1 aromatic heterocycles. The van der Waals surface area contributed by atoms with Gasteiger partial charge in [-0.05, 0) is 44.1 Å². The molecule has 1 unspecified atom stereocenters. The largest absolute Gasteiger partial charge is 0.481 e. The fourth-order valence-corrected chi connectivity index (χ4v) is 2.98. The molecule has 0 saturated carbocycles. The van der Waals surface area contributed by atoms with Crippen molar-refractivity contribution in [3.8, 4) is 0 Å². The van der Waals surface area contributed by atoms with Crippen molar-refractivity contribution < 1.29 is 9.90 Å². The third-order valence-corrected chi connectivity index (χ3v) is 4.00. The van der Waals surface area contributed by atoms with Gasteiger partial charge in [0.2, 0.25) is 0 Å². The first-order valence-corrected chi connectivity index (χ1v) is 6.61. The van der Waals surface area contributed by atoms with Gasteiger partial charge in [0.05, 0.1) is 0 Å². The average Bonchev–Trinajstić information content (AvgIpc) is 2.87. The number of aryl methyl sites for hydroxylation is 2. The second-order valence-electron chi connectivity index (χ2n) is 5.32. The molecule has 0 bridgehead atoms. The van der Waals surface area contributed by atoms with E-state index in [-0.39, 0.29) is 12.5 Å². The zero-order chi connectivity index (χ0) is 13.6. The van der Waals surface area contributed by atoms with Gasteiger partial charge in [-0.1, -0.05) is 6.08 Å². The highest BCUT2D eigenvalue weighted by atomic mass is 16.4. The van der Waals surface area contributed by atoms with Crippen molar-refractivity contribution in [3.05, 3.63) is 40.9 Å². The van der Waals surface area contributed by atoms with Crippen LogP contribution in [0.5, 0.6) is 0 Å². The zero-order valence-electron chi connectivity index (χ0n) is 11.3. The maximum atomic E-state index is 10.7. The molecule has 3 heterocycles. The first-order chi connectivity index (χ1) is 9.06. The lowest BCUT2D eigenvalue weighted by Crippen LogP contribution is -2.39. The van der Waals surface area contributed by atoms with Crippen LogP contribution in [0.15, 0.2) is 23.9 Å². The van der Waals surface area contributed by atoms with Crippen molar-refractivity contribution in [3.63, 3.8) is 0 Å². The van der Waals surface area contributed by atoms with Crippen LogP contribution in [0.1, 0.15) is 29.8 Å². The van der Waals surface area contributed by atoms with Crippen molar-refractivity contribution in [2.45, 2.75) is 32.7 Å². The van der Waals surface area contributed by atoms with Crippen LogP contribution in [0.2, 0.25) is 0 Å². The number of hydrogen-bond donors (Lipinski definition) is 1. The van der Waals surface area contributed by atoms with E-state index in [0.29, 0.717) is 6.42 Å². The van der Waals surface area contributed by atoms with Crippen LogP contribution in [0, 0.1) is 13.8 Å².